The van der Waals surface area contributed by atoms with Crippen LogP contribution in [0.2, 0.25) is 0 Å². The summed E-state index contributed by atoms with van der Waals surface area (Å²) < 4.78 is 1.28. The van der Waals surface area contributed by atoms with Gasteiger partial charge in [0, 0.05) is 11.9 Å². The van der Waals surface area contributed by atoms with Crippen molar-refractivity contribution in [3.05, 3.63) is 64.3 Å². The Bertz CT molecular complexity index is 947. The smallest absolute Gasteiger partial charge is 0.263 e. The van der Waals surface area contributed by atoms with E-state index in [4.69, 9.17) is 0 Å². The third-order valence-electron chi connectivity index (χ3n) is 3.57. The van der Waals surface area contributed by atoms with Crippen LogP contribution in [0, 0.1) is 13.8 Å². The van der Waals surface area contributed by atoms with Crippen molar-refractivity contribution in [2.24, 2.45) is 0 Å². The lowest BCUT2D eigenvalue weighted by atomic mass is 10.1. The van der Waals surface area contributed by atoms with Gasteiger partial charge in [0.25, 0.3) is 5.56 Å². The predicted molar refractivity (Wildman–Crippen MR) is 88.3 cm³/mol. The Labute approximate surface area is 132 Å². The molecule has 23 heavy (non-hydrogen) atoms. The summed E-state index contributed by atoms with van der Waals surface area (Å²) in [6.07, 6.45) is 2.92. The van der Waals surface area contributed by atoms with Crippen LogP contribution in [0.25, 0.3) is 11.0 Å². The van der Waals surface area contributed by atoms with Crippen molar-refractivity contribution in [1.29, 1.82) is 0 Å². The van der Waals surface area contributed by atoms with Crippen LogP contribution < -0.4 is 10.9 Å². The minimum Gasteiger partial charge on any atom is -0.324 e. The van der Waals surface area contributed by atoms with Crippen LogP contribution in [0.4, 0.5) is 5.69 Å². The van der Waals surface area contributed by atoms with Gasteiger partial charge in [-0.3, -0.25) is 14.2 Å². The van der Waals surface area contributed by atoms with Gasteiger partial charge in [-0.1, -0.05) is 17.7 Å². The summed E-state index contributed by atoms with van der Waals surface area (Å²) in [5.74, 6) is -0.274. The van der Waals surface area contributed by atoms with Gasteiger partial charge in [-0.15, -0.1) is 0 Å². The predicted octanol–water partition coefficient (Wildman–Crippen LogP) is 2.05. The Morgan fingerprint density at radius 3 is 2.83 bits per heavy atom. The van der Waals surface area contributed by atoms with Crippen molar-refractivity contribution in [1.82, 2.24) is 14.5 Å². The number of nitrogens with zero attached hydrogens (tertiary/aromatic N) is 3. The molecule has 3 aromatic rings. The zero-order valence-corrected chi connectivity index (χ0v) is 12.9. The summed E-state index contributed by atoms with van der Waals surface area (Å²) >= 11 is 0. The van der Waals surface area contributed by atoms with Crippen LogP contribution in [-0.2, 0) is 11.3 Å². The highest BCUT2D eigenvalue weighted by atomic mass is 16.2. The molecule has 0 radical (unpaired) electrons. The fraction of sp³-hybridized carbons (Fsp3) is 0.176. The number of pyridine rings is 1. The summed E-state index contributed by atoms with van der Waals surface area (Å²) in [5.41, 5.74) is 2.95. The lowest BCUT2D eigenvalue weighted by Gasteiger charge is -2.10. The minimum absolute atomic E-state index is 0.0933. The van der Waals surface area contributed by atoms with Crippen molar-refractivity contribution in [3.63, 3.8) is 0 Å². The van der Waals surface area contributed by atoms with E-state index in [0.717, 1.165) is 16.8 Å². The number of anilines is 1. The summed E-state index contributed by atoms with van der Waals surface area (Å²) in [4.78, 5) is 32.7. The first-order valence-corrected chi connectivity index (χ1v) is 7.22. The average molecular weight is 308 g/mol. The highest BCUT2D eigenvalue weighted by Crippen LogP contribution is 2.15. The number of hydrogen-bond donors (Lipinski definition) is 1. The van der Waals surface area contributed by atoms with Gasteiger partial charge in [-0.2, -0.15) is 0 Å². The van der Waals surface area contributed by atoms with E-state index >= 15 is 0 Å². The van der Waals surface area contributed by atoms with Crippen molar-refractivity contribution >= 4 is 22.6 Å². The molecule has 0 aliphatic heterocycles. The lowest BCUT2D eigenvalue weighted by Crippen LogP contribution is -2.28. The van der Waals surface area contributed by atoms with Gasteiger partial charge >= 0.3 is 0 Å². The molecule has 2 aromatic heterocycles. The van der Waals surface area contributed by atoms with Crippen LogP contribution in [0.5, 0.6) is 0 Å². The van der Waals surface area contributed by atoms with Crippen molar-refractivity contribution in [2.75, 3.05) is 5.32 Å². The molecule has 0 saturated heterocycles. The van der Waals surface area contributed by atoms with E-state index in [9.17, 15) is 9.59 Å². The second-order valence-corrected chi connectivity index (χ2v) is 5.42. The van der Waals surface area contributed by atoms with E-state index in [0.29, 0.717) is 11.0 Å². The molecule has 1 amide bonds. The summed E-state index contributed by atoms with van der Waals surface area (Å²) in [6.45, 7) is 3.83. The normalized spacial score (nSPS) is 10.7. The van der Waals surface area contributed by atoms with E-state index in [1.54, 1.807) is 18.3 Å². The van der Waals surface area contributed by atoms with E-state index in [1.807, 2.05) is 32.0 Å². The SMILES string of the molecule is Cc1ccc(NC(=O)Cn2cnc3ncccc3c2=O)c(C)c1. The Morgan fingerprint density at radius 2 is 2.04 bits per heavy atom. The minimum atomic E-state index is -0.279. The number of amides is 1. The van der Waals surface area contributed by atoms with Crippen molar-refractivity contribution in [3.8, 4) is 0 Å². The third kappa shape index (κ3) is 3.11. The van der Waals surface area contributed by atoms with Gasteiger partial charge in [0.1, 0.15) is 12.9 Å². The van der Waals surface area contributed by atoms with Gasteiger partial charge in [-0.25, -0.2) is 9.97 Å². The number of rotatable bonds is 3. The summed E-state index contributed by atoms with van der Waals surface area (Å²) in [7, 11) is 0. The van der Waals surface area contributed by atoms with E-state index in [2.05, 4.69) is 15.3 Å². The summed E-state index contributed by atoms with van der Waals surface area (Å²) in [5, 5.41) is 3.22. The molecule has 0 aliphatic carbocycles. The first kappa shape index (κ1) is 14.9. The number of hydrogen-bond acceptors (Lipinski definition) is 4. The number of carbonyl (C=O) groups is 1. The fourth-order valence-corrected chi connectivity index (χ4v) is 2.41. The molecule has 0 unspecified atom stereocenters. The van der Waals surface area contributed by atoms with Gasteiger partial charge in [0.15, 0.2) is 5.65 Å². The number of aryl methyl sites for hydroxylation is 2. The molecular formula is C17H16N4O2. The Kier molecular flexibility index (Phi) is 3.89. The Balaban J connectivity index is 1.83. The first-order chi connectivity index (χ1) is 11.0. The standard InChI is InChI=1S/C17H16N4O2/c1-11-5-6-14(12(2)8-11)20-15(22)9-21-10-19-16-13(17(21)23)4-3-7-18-16/h3-8,10H,9H2,1-2H3,(H,20,22). The second-order valence-electron chi connectivity index (χ2n) is 5.42. The molecule has 116 valence electrons. The number of nitrogens with one attached hydrogen (secondary N) is 1. The van der Waals surface area contributed by atoms with Crippen LogP contribution in [0.3, 0.4) is 0 Å². The number of fused-ring (bicyclic) bond motifs is 1. The molecule has 3 rings (SSSR count). The molecule has 1 aromatic carbocycles. The monoisotopic (exact) mass is 308 g/mol. The molecule has 0 spiro atoms. The van der Waals surface area contributed by atoms with E-state index in [1.165, 1.54) is 10.9 Å². The van der Waals surface area contributed by atoms with Gasteiger partial charge in [-0.05, 0) is 37.6 Å². The first-order valence-electron chi connectivity index (χ1n) is 7.22. The van der Waals surface area contributed by atoms with Gasteiger partial charge in [0.2, 0.25) is 5.91 Å². The molecule has 6 heteroatoms. The largest absolute Gasteiger partial charge is 0.324 e. The molecule has 0 fully saturated rings. The highest BCUT2D eigenvalue weighted by Gasteiger charge is 2.09. The van der Waals surface area contributed by atoms with Gasteiger partial charge in [0.05, 0.1) is 5.39 Å². The zero-order chi connectivity index (χ0) is 16.4. The molecule has 0 aliphatic rings. The zero-order valence-electron chi connectivity index (χ0n) is 12.9. The lowest BCUT2D eigenvalue weighted by molar-refractivity contribution is -0.116. The molecule has 1 N–H and O–H groups in total. The molecule has 0 atom stereocenters. The maximum atomic E-state index is 12.3. The maximum Gasteiger partial charge on any atom is 0.263 e. The number of carbonyl (C=O) groups excluding carboxylic acids is 1. The quantitative estimate of drug-likeness (QED) is 0.803. The van der Waals surface area contributed by atoms with E-state index < -0.39 is 0 Å². The topological polar surface area (TPSA) is 76.9 Å². The third-order valence-corrected chi connectivity index (χ3v) is 3.57. The Hall–Kier alpha value is -3.02. The summed E-state index contributed by atoms with van der Waals surface area (Å²) in [6, 6.07) is 9.10. The van der Waals surface area contributed by atoms with Crippen LogP contribution in [0.1, 0.15) is 11.1 Å². The molecule has 0 bridgehead atoms. The van der Waals surface area contributed by atoms with Crippen LogP contribution >= 0.6 is 0 Å². The number of aromatic nitrogens is 3. The Morgan fingerprint density at radius 1 is 1.22 bits per heavy atom. The molecular weight excluding hydrogens is 292 g/mol. The maximum absolute atomic E-state index is 12.3. The second kappa shape index (κ2) is 6.00. The van der Waals surface area contributed by atoms with Crippen LogP contribution in [-0.4, -0.2) is 20.4 Å². The fourth-order valence-electron chi connectivity index (χ4n) is 2.41. The molecule has 2 heterocycles. The van der Waals surface area contributed by atoms with Crippen LogP contribution in [0.15, 0.2) is 47.7 Å². The van der Waals surface area contributed by atoms with Crippen molar-refractivity contribution in [2.45, 2.75) is 20.4 Å². The highest BCUT2D eigenvalue weighted by molar-refractivity contribution is 5.91. The van der Waals surface area contributed by atoms with E-state index in [-0.39, 0.29) is 18.0 Å². The van der Waals surface area contributed by atoms with Gasteiger partial charge < -0.3 is 5.32 Å². The molecule has 6 nitrogen and oxygen atoms in total. The average Bonchev–Trinajstić information content (AvgIpc) is 2.53. The molecule has 0 saturated carbocycles. The number of benzene rings is 1. The van der Waals surface area contributed by atoms with Crippen molar-refractivity contribution < 1.29 is 4.79 Å².